The molecule has 0 heterocycles. The zero-order valence-corrected chi connectivity index (χ0v) is 7.10. The van der Waals surface area contributed by atoms with Crippen LogP contribution < -0.4 is 5.11 Å². The average molecular weight is 213 g/mol. The molecule has 0 radical (unpaired) electrons. The molecule has 0 rings (SSSR count). The fraction of sp³-hybridized carbons (Fsp3) is 0.714. The molecule has 0 amide bonds. The molecule has 4 nitrogen and oxygen atoms in total. The van der Waals surface area contributed by atoms with Crippen molar-refractivity contribution in [2.24, 2.45) is 0 Å². The SMILES string of the molecule is O=C([O-])CCCC(=O)OCC(F)(F)F. The number of carbonyl (C=O) groups is 2. The lowest BCUT2D eigenvalue weighted by Crippen LogP contribution is -2.23. The molecule has 0 atom stereocenters. The van der Waals surface area contributed by atoms with Gasteiger partial charge in [0.2, 0.25) is 0 Å². The van der Waals surface area contributed by atoms with Gasteiger partial charge in [-0.1, -0.05) is 0 Å². The summed E-state index contributed by atoms with van der Waals surface area (Å²) in [6.45, 7) is -1.64. The summed E-state index contributed by atoms with van der Waals surface area (Å²) in [6.07, 6.45) is -5.37. The first-order valence-corrected chi connectivity index (χ1v) is 3.73. The zero-order chi connectivity index (χ0) is 11.2. The van der Waals surface area contributed by atoms with E-state index in [1.807, 2.05) is 0 Å². The predicted molar refractivity (Wildman–Crippen MR) is 35.9 cm³/mol. The van der Waals surface area contributed by atoms with Gasteiger partial charge in [0, 0.05) is 12.4 Å². The van der Waals surface area contributed by atoms with Gasteiger partial charge in [-0.2, -0.15) is 13.2 Å². The van der Waals surface area contributed by atoms with Gasteiger partial charge in [-0.25, -0.2) is 0 Å². The topological polar surface area (TPSA) is 66.4 Å². The van der Waals surface area contributed by atoms with Crippen LogP contribution in [-0.4, -0.2) is 24.7 Å². The molecule has 7 heteroatoms. The summed E-state index contributed by atoms with van der Waals surface area (Å²) in [4.78, 5) is 20.4. The highest BCUT2D eigenvalue weighted by Crippen LogP contribution is 2.14. The van der Waals surface area contributed by atoms with Gasteiger partial charge in [0.15, 0.2) is 6.61 Å². The van der Waals surface area contributed by atoms with Gasteiger partial charge >= 0.3 is 12.1 Å². The summed E-state index contributed by atoms with van der Waals surface area (Å²) in [5, 5.41) is 9.85. The van der Waals surface area contributed by atoms with Gasteiger partial charge in [0.05, 0.1) is 0 Å². The van der Waals surface area contributed by atoms with E-state index in [2.05, 4.69) is 4.74 Å². The van der Waals surface area contributed by atoms with Crippen LogP contribution in [-0.2, 0) is 14.3 Å². The van der Waals surface area contributed by atoms with Crippen LogP contribution in [0.5, 0.6) is 0 Å². The van der Waals surface area contributed by atoms with Crippen molar-refractivity contribution in [3.63, 3.8) is 0 Å². The fourth-order valence-corrected chi connectivity index (χ4v) is 0.612. The smallest absolute Gasteiger partial charge is 0.422 e. The van der Waals surface area contributed by atoms with Gasteiger partial charge in [0.25, 0.3) is 0 Å². The molecule has 0 aromatic rings. The summed E-state index contributed by atoms with van der Waals surface area (Å²) in [7, 11) is 0. The number of alkyl halides is 3. The van der Waals surface area contributed by atoms with Crippen molar-refractivity contribution in [2.45, 2.75) is 25.4 Å². The molecule has 0 aliphatic carbocycles. The Balaban J connectivity index is 3.52. The Hall–Kier alpha value is -1.27. The van der Waals surface area contributed by atoms with E-state index in [1.54, 1.807) is 0 Å². The number of hydrogen-bond acceptors (Lipinski definition) is 4. The largest absolute Gasteiger partial charge is 0.550 e. The first kappa shape index (κ1) is 12.7. The first-order valence-electron chi connectivity index (χ1n) is 3.73. The van der Waals surface area contributed by atoms with Crippen LogP contribution in [0.1, 0.15) is 19.3 Å². The number of carboxylic acid groups (broad SMARTS) is 1. The zero-order valence-electron chi connectivity index (χ0n) is 7.10. The third-order valence-electron chi connectivity index (χ3n) is 1.16. The molecule has 0 fully saturated rings. The summed E-state index contributed by atoms with van der Waals surface area (Å²) < 4.78 is 38.3. The number of carbonyl (C=O) groups excluding carboxylic acids is 2. The minimum atomic E-state index is -4.55. The standard InChI is InChI=1S/C7H9F3O4/c8-7(9,10)4-14-6(13)3-1-2-5(11)12/h1-4H2,(H,11,12)/p-1. The normalized spacial score (nSPS) is 11.1. The molecule has 0 saturated heterocycles. The van der Waals surface area contributed by atoms with E-state index >= 15 is 0 Å². The number of aliphatic carboxylic acids is 1. The van der Waals surface area contributed by atoms with E-state index in [0.717, 1.165) is 0 Å². The molecular formula is C7H8F3O4-. The second-order valence-corrected chi connectivity index (χ2v) is 2.50. The van der Waals surface area contributed by atoms with Crippen LogP contribution in [0.3, 0.4) is 0 Å². The van der Waals surface area contributed by atoms with E-state index in [1.165, 1.54) is 0 Å². The summed E-state index contributed by atoms with van der Waals surface area (Å²) in [5.74, 6) is -2.42. The van der Waals surface area contributed by atoms with Gasteiger partial charge in [-0.3, -0.25) is 4.79 Å². The highest BCUT2D eigenvalue weighted by Gasteiger charge is 2.29. The first-order chi connectivity index (χ1) is 6.31. The summed E-state index contributed by atoms with van der Waals surface area (Å²) in [6, 6.07) is 0. The molecule has 0 bridgehead atoms. The van der Waals surface area contributed by atoms with E-state index in [0.29, 0.717) is 0 Å². The Morgan fingerprint density at radius 1 is 1.21 bits per heavy atom. The van der Waals surface area contributed by atoms with E-state index in [4.69, 9.17) is 0 Å². The monoisotopic (exact) mass is 213 g/mol. The molecule has 0 N–H and O–H groups in total. The molecular weight excluding hydrogens is 205 g/mol. The Morgan fingerprint density at radius 2 is 1.79 bits per heavy atom. The molecule has 82 valence electrons. The van der Waals surface area contributed by atoms with Crippen LogP contribution in [0, 0.1) is 0 Å². The lowest BCUT2D eigenvalue weighted by molar-refractivity contribution is -0.305. The molecule has 0 aromatic carbocycles. The number of carboxylic acids is 1. The maximum absolute atomic E-state index is 11.5. The maximum atomic E-state index is 11.5. The van der Waals surface area contributed by atoms with Crippen molar-refractivity contribution in [1.29, 1.82) is 0 Å². The molecule has 0 aliphatic heterocycles. The molecule has 0 unspecified atom stereocenters. The average Bonchev–Trinajstić information content (AvgIpc) is 1.99. The summed E-state index contributed by atoms with van der Waals surface area (Å²) >= 11 is 0. The maximum Gasteiger partial charge on any atom is 0.422 e. The van der Waals surface area contributed by atoms with Crippen molar-refractivity contribution in [3.8, 4) is 0 Å². The minimum Gasteiger partial charge on any atom is -0.550 e. The lowest BCUT2D eigenvalue weighted by Gasteiger charge is -2.07. The highest BCUT2D eigenvalue weighted by molar-refractivity contribution is 5.70. The van der Waals surface area contributed by atoms with Gasteiger partial charge < -0.3 is 14.6 Å². The van der Waals surface area contributed by atoms with E-state index < -0.39 is 24.7 Å². The van der Waals surface area contributed by atoms with Crippen LogP contribution in [0.2, 0.25) is 0 Å². The van der Waals surface area contributed by atoms with Crippen LogP contribution >= 0.6 is 0 Å². The Morgan fingerprint density at radius 3 is 2.21 bits per heavy atom. The van der Waals surface area contributed by atoms with E-state index in [9.17, 15) is 27.9 Å². The van der Waals surface area contributed by atoms with Gasteiger partial charge in [-0.05, 0) is 12.8 Å². The van der Waals surface area contributed by atoms with Crippen LogP contribution in [0.25, 0.3) is 0 Å². The second kappa shape index (κ2) is 5.46. The van der Waals surface area contributed by atoms with Crippen LogP contribution in [0.15, 0.2) is 0 Å². The third-order valence-corrected chi connectivity index (χ3v) is 1.16. The number of rotatable bonds is 5. The minimum absolute atomic E-state index is 0.0843. The van der Waals surface area contributed by atoms with Crippen molar-refractivity contribution >= 4 is 11.9 Å². The van der Waals surface area contributed by atoms with Crippen LogP contribution in [0.4, 0.5) is 13.2 Å². The third kappa shape index (κ3) is 8.82. The predicted octanol–water partition coefficient (Wildman–Crippen LogP) is 0.0121. The van der Waals surface area contributed by atoms with Crippen molar-refractivity contribution < 1.29 is 32.6 Å². The number of ether oxygens (including phenoxy) is 1. The van der Waals surface area contributed by atoms with Crippen molar-refractivity contribution in [1.82, 2.24) is 0 Å². The van der Waals surface area contributed by atoms with Gasteiger partial charge in [0.1, 0.15) is 0 Å². The molecule has 0 aliphatic rings. The van der Waals surface area contributed by atoms with Crippen molar-refractivity contribution in [2.75, 3.05) is 6.61 Å². The second-order valence-electron chi connectivity index (χ2n) is 2.50. The number of hydrogen-bond donors (Lipinski definition) is 0. The Labute approximate surface area is 77.7 Å². The summed E-state index contributed by atoms with van der Waals surface area (Å²) in [5.41, 5.74) is 0. The Bertz CT molecular complexity index is 211. The molecule has 0 spiro atoms. The molecule has 0 aromatic heterocycles. The molecule has 14 heavy (non-hydrogen) atoms. The quantitative estimate of drug-likeness (QED) is 0.603. The fourth-order valence-electron chi connectivity index (χ4n) is 0.612. The number of esters is 1. The highest BCUT2D eigenvalue weighted by atomic mass is 19.4. The number of halogens is 3. The molecule has 0 saturated carbocycles. The Kier molecular flexibility index (Phi) is 4.96. The van der Waals surface area contributed by atoms with Crippen molar-refractivity contribution in [3.05, 3.63) is 0 Å². The lowest BCUT2D eigenvalue weighted by atomic mass is 10.2. The van der Waals surface area contributed by atoms with Gasteiger partial charge in [-0.15, -0.1) is 0 Å². The van der Waals surface area contributed by atoms with E-state index in [-0.39, 0.29) is 19.3 Å².